The lowest BCUT2D eigenvalue weighted by atomic mass is 10.2. The Hall–Kier alpha value is -2.12. The highest BCUT2D eigenvalue weighted by Gasteiger charge is 2.15. The van der Waals surface area contributed by atoms with Crippen molar-refractivity contribution in [2.75, 3.05) is 0 Å². The van der Waals surface area contributed by atoms with Crippen molar-refractivity contribution in [2.24, 2.45) is 0 Å². The van der Waals surface area contributed by atoms with Crippen molar-refractivity contribution in [3.05, 3.63) is 69.2 Å². The molecule has 25 heavy (non-hydrogen) atoms. The monoisotopic (exact) mass is 414 g/mol. The summed E-state index contributed by atoms with van der Waals surface area (Å²) in [5.41, 5.74) is 0.822. The maximum absolute atomic E-state index is 12.7. The predicted octanol–water partition coefficient (Wildman–Crippen LogP) is 4.12. The van der Waals surface area contributed by atoms with Crippen LogP contribution in [-0.2, 0) is 12.3 Å². The molecule has 0 atom stereocenters. The van der Waals surface area contributed by atoms with Crippen molar-refractivity contribution in [3.63, 3.8) is 0 Å². The summed E-state index contributed by atoms with van der Waals surface area (Å²) in [6.45, 7) is 2.50. The van der Waals surface area contributed by atoms with E-state index in [2.05, 4.69) is 32.2 Å². The van der Waals surface area contributed by atoms with Gasteiger partial charge in [0.05, 0.1) is 16.7 Å². The van der Waals surface area contributed by atoms with Gasteiger partial charge < -0.3 is 0 Å². The minimum absolute atomic E-state index is 0.0250. The van der Waals surface area contributed by atoms with Gasteiger partial charge >= 0.3 is 0 Å². The molecule has 0 unspecified atom stereocenters. The standard InChI is InChI=1S/C18H15BrN4OS/c1-2-22-17(24)12-7-3-5-9-14(12)23-16(20-21-18(22)23)11-25-15-10-6-4-8-13(15)19/h3-10H,2,11H2,1H3. The normalized spacial score (nSPS) is 11.4. The molecule has 126 valence electrons. The van der Waals surface area contributed by atoms with E-state index in [1.165, 1.54) is 0 Å². The smallest absolute Gasteiger partial charge is 0.262 e. The van der Waals surface area contributed by atoms with Gasteiger partial charge in [0.15, 0.2) is 0 Å². The van der Waals surface area contributed by atoms with E-state index in [4.69, 9.17) is 0 Å². The Morgan fingerprint density at radius 3 is 2.64 bits per heavy atom. The third kappa shape index (κ3) is 2.77. The number of para-hydroxylation sites is 1. The molecule has 0 bridgehead atoms. The topological polar surface area (TPSA) is 52.2 Å². The molecule has 0 saturated heterocycles. The van der Waals surface area contributed by atoms with Crippen molar-refractivity contribution in [3.8, 4) is 0 Å². The van der Waals surface area contributed by atoms with E-state index in [9.17, 15) is 4.79 Å². The first kappa shape index (κ1) is 16.4. The molecular weight excluding hydrogens is 400 g/mol. The maximum atomic E-state index is 12.7. The summed E-state index contributed by atoms with van der Waals surface area (Å²) in [4.78, 5) is 13.8. The third-order valence-electron chi connectivity index (χ3n) is 4.08. The number of rotatable bonds is 4. The van der Waals surface area contributed by atoms with Gasteiger partial charge in [-0.25, -0.2) is 0 Å². The number of hydrogen-bond acceptors (Lipinski definition) is 4. The highest BCUT2D eigenvalue weighted by Crippen LogP contribution is 2.29. The van der Waals surface area contributed by atoms with Crippen LogP contribution in [0.15, 0.2) is 62.7 Å². The second-order valence-corrected chi connectivity index (χ2v) is 7.41. The first-order valence-corrected chi connectivity index (χ1v) is 9.71. The van der Waals surface area contributed by atoms with Gasteiger partial charge in [0.1, 0.15) is 5.82 Å². The van der Waals surface area contributed by atoms with Crippen LogP contribution >= 0.6 is 27.7 Å². The van der Waals surface area contributed by atoms with E-state index in [0.29, 0.717) is 23.5 Å². The Bertz CT molecular complexity index is 1140. The Morgan fingerprint density at radius 2 is 1.84 bits per heavy atom. The molecule has 0 aliphatic heterocycles. The zero-order chi connectivity index (χ0) is 17.4. The van der Waals surface area contributed by atoms with Crippen molar-refractivity contribution in [1.82, 2.24) is 19.2 Å². The van der Waals surface area contributed by atoms with Gasteiger partial charge in [-0.05, 0) is 47.1 Å². The van der Waals surface area contributed by atoms with E-state index in [1.54, 1.807) is 16.3 Å². The fourth-order valence-corrected chi connectivity index (χ4v) is 4.38. The number of thioether (sulfide) groups is 1. The molecule has 2 heterocycles. The summed E-state index contributed by atoms with van der Waals surface area (Å²) in [5.74, 6) is 2.08. The lowest BCUT2D eigenvalue weighted by molar-refractivity contribution is 0.735. The van der Waals surface area contributed by atoms with Crippen LogP contribution in [0.1, 0.15) is 12.7 Å². The molecule has 0 saturated carbocycles. The summed E-state index contributed by atoms with van der Waals surface area (Å²) in [5, 5.41) is 9.33. The maximum Gasteiger partial charge on any atom is 0.262 e. The molecule has 0 amide bonds. The molecule has 2 aromatic carbocycles. The SMILES string of the molecule is CCn1c(=O)c2ccccc2n2c(CSc3ccccc3Br)nnc12. The highest BCUT2D eigenvalue weighted by atomic mass is 79.9. The number of hydrogen-bond donors (Lipinski definition) is 0. The summed E-state index contributed by atoms with van der Waals surface area (Å²) in [7, 11) is 0. The van der Waals surface area contributed by atoms with Crippen molar-refractivity contribution in [2.45, 2.75) is 24.1 Å². The van der Waals surface area contributed by atoms with Gasteiger partial charge in [-0.3, -0.25) is 13.8 Å². The second-order valence-electron chi connectivity index (χ2n) is 5.54. The molecule has 0 N–H and O–H groups in total. The summed E-state index contributed by atoms with van der Waals surface area (Å²) >= 11 is 5.26. The number of aromatic nitrogens is 4. The lowest BCUT2D eigenvalue weighted by Gasteiger charge is -2.09. The molecule has 0 aliphatic carbocycles. The summed E-state index contributed by atoms with van der Waals surface area (Å²) in [6.07, 6.45) is 0. The van der Waals surface area contributed by atoms with Gasteiger partial charge in [0, 0.05) is 15.9 Å². The largest absolute Gasteiger partial charge is 0.277 e. The van der Waals surface area contributed by atoms with Crippen LogP contribution in [-0.4, -0.2) is 19.2 Å². The van der Waals surface area contributed by atoms with Crippen molar-refractivity contribution in [1.29, 1.82) is 0 Å². The molecule has 2 aromatic heterocycles. The number of aryl methyl sites for hydroxylation is 1. The van der Waals surface area contributed by atoms with Crippen LogP contribution < -0.4 is 5.56 Å². The summed E-state index contributed by atoms with van der Waals surface area (Å²) in [6, 6.07) is 15.7. The average Bonchev–Trinajstić information content (AvgIpc) is 3.05. The molecule has 4 rings (SSSR count). The minimum atomic E-state index is -0.0250. The zero-order valence-electron chi connectivity index (χ0n) is 13.5. The number of benzene rings is 2. The average molecular weight is 415 g/mol. The molecule has 0 radical (unpaired) electrons. The number of nitrogens with zero attached hydrogens (tertiary/aromatic N) is 4. The van der Waals surface area contributed by atoms with E-state index in [-0.39, 0.29) is 5.56 Å². The van der Waals surface area contributed by atoms with Gasteiger partial charge in [0.25, 0.3) is 5.56 Å². The molecule has 4 aromatic rings. The van der Waals surface area contributed by atoms with Crippen LogP contribution in [0, 0.1) is 0 Å². The van der Waals surface area contributed by atoms with E-state index in [1.807, 2.05) is 53.8 Å². The third-order valence-corrected chi connectivity index (χ3v) is 6.11. The quantitative estimate of drug-likeness (QED) is 0.471. The van der Waals surface area contributed by atoms with Crippen LogP contribution in [0.5, 0.6) is 0 Å². The fraction of sp³-hybridized carbons (Fsp3) is 0.167. The molecule has 7 heteroatoms. The zero-order valence-corrected chi connectivity index (χ0v) is 15.9. The van der Waals surface area contributed by atoms with Gasteiger partial charge in [0.2, 0.25) is 5.78 Å². The first-order chi connectivity index (χ1) is 12.2. The Morgan fingerprint density at radius 1 is 1.08 bits per heavy atom. The van der Waals surface area contributed by atoms with Gasteiger partial charge in [-0.15, -0.1) is 22.0 Å². The van der Waals surface area contributed by atoms with Gasteiger partial charge in [-0.2, -0.15) is 0 Å². The highest BCUT2D eigenvalue weighted by molar-refractivity contribution is 9.10. The molecule has 0 fully saturated rings. The molecular formula is C18H15BrN4OS. The minimum Gasteiger partial charge on any atom is -0.277 e. The van der Waals surface area contributed by atoms with Gasteiger partial charge in [-0.1, -0.05) is 24.3 Å². The predicted molar refractivity (Wildman–Crippen MR) is 104 cm³/mol. The second kappa shape index (κ2) is 6.65. The van der Waals surface area contributed by atoms with Crippen molar-refractivity contribution < 1.29 is 0 Å². The van der Waals surface area contributed by atoms with Crippen LogP contribution in [0.4, 0.5) is 0 Å². The molecule has 0 spiro atoms. The van der Waals surface area contributed by atoms with Crippen LogP contribution in [0.25, 0.3) is 16.7 Å². The molecule has 0 aliphatic rings. The van der Waals surface area contributed by atoms with Crippen molar-refractivity contribution >= 4 is 44.4 Å². The molecule has 5 nitrogen and oxygen atoms in total. The first-order valence-electron chi connectivity index (χ1n) is 7.93. The van der Waals surface area contributed by atoms with E-state index in [0.717, 1.165) is 20.7 Å². The van der Waals surface area contributed by atoms with Crippen LogP contribution in [0.2, 0.25) is 0 Å². The Labute approximate surface area is 156 Å². The van der Waals surface area contributed by atoms with Crippen LogP contribution in [0.3, 0.4) is 0 Å². The van der Waals surface area contributed by atoms with E-state index < -0.39 is 0 Å². The van der Waals surface area contributed by atoms with E-state index >= 15 is 0 Å². The Balaban J connectivity index is 1.87. The fourth-order valence-electron chi connectivity index (χ4n) is 2.90. The summed E-state index contributed by atoms with van der Waals surface area (Å²) < 4.78 is 4.72. The lowest BCUT2D eigenvalue weighted by Crippen LogP contribution is -2.22. The number of fused-ring (bicyclic) bond motifs is 3. The Kier molecular flexibility index (Phi) is 4.35. The number of halogens is 1.